The maximum atomic E-state index is 12.2. The summed E-state index contributed by atoms with van der Waals surface area (Å²) in [5, 5.41) is 15.0. The average Bonchev–Trinajstić information content (AvgIpc) is 2.95. The fraction of sp³-hybridized carbons (Fsp3) is 0.375. The minimum absolute atomic E-state index is 0.181. The first-order valence-corrected chi connectivity index (χ1v) is 8.31. The molecule has 1 aromatic carbocycles. The summed E-state index contributed by atoms with van der Waals surface area (Å²) < 4.78 is 0. The summed E-state index contributed by atoms with van der Waals surface area (Å²) in [4.78, 5) is 18.3. The van der Waals surface area contributed by atoms with E-state index in [-0.39, 0.29) is 6.03 Å². The molecule has 3 rings (SSSR count). The van der Waals surface area contributed by atoms with Crippen LogP contribution in [0.25, 0.3) is 0 Å². The van der Waals surface area contributed by atoms with Gasteiger partial charge in [0.1, 0.15) is 0 Å². The molecule has 0 saturated carbocycles. The van der Waals surface area contributed by atoms with Crippen molar-refractivity contribution in [3.05, 3.63) is 47.0 Å². The van der Waals surface area contributed by atoms with E-state index < -0.39 is 6.10 Å². The van der Waals surface area contributed by atoms with E-state index in [1.807, 2.05) is 23.6 Å². The van der Waals surface area contributed by atoms with Crippen LogP contribution in [-0.2, 0) is 6.42 Å². The van der Waals surface area contributed by atoms with Crippen molar-refractivity contribution in [3.8, 4) is 0 Å². The number of likely N-dealkylation sites (tertiary alicyclic amines) is 1. The van der Waals surface area contributed by atoms with Gasteiger partial charge in [-0.2, -0.15) is 0 Å². The van der Waals surface area contributed by atoms with Gasteiger partial charge >= 0.3 is 6.03 Å². The maximum Gasteiger partial charge on any atom is 0.323 e. The van der Waals surface area contributed by atoms with E-state index in [0.29, 0.717) is 18.2 Å². The van der Waals surface area contributed by atoms with Crippen molar-refractivity contribution >= 4 is 22.5 Å². The lowest BCUT2D eigenvalue weighted by atomic mass is 10.1. The Balaban J connectivity index is 1.58. The number of amides is 2. The number of carbonyl (C=O) groups excluding carboxylic acids is 1. The van der Waals surface area contributed by atoms with Gasteiger partial charge in [0.05, 0.1) is 11.8 Å². The van der Waals surface area contributed by atoms with Crippen LogP contribution in [0, 0.1) is 0 Å². The highest BCUT2D eigenvalue weighted by molar-refractivity contribution is 7.13. The topological polar surface area (TPSA) is 65.5 Å². The third-order valence-corrected chi connectivity index (χ3v) is 4.48. The third-order valence-electron chi connectivity index (χ3n) is 3.68. The second-order valence-corrected chi connectivity index (χ2v) is 6.34. The normalized spacial score (nSPS) is 18.2. The number of thiazole rings is 1. The van der Waals surface area contributed by atoms with Crippen molar-refractivity contribution in [3.63, 3.8) is 0 Å². The Morgan fingerprint density at radius 3 is 3.00 bits per heavy atom. The van der Waals surface area contributed by atoms with Gasteiger partial charge in [0, 0.05) is 24.9 Å². The number of nitrogens with zero attached hydrogens (tertiary/aromatic N) is 2. The van der Waals surface area contributed by atoms with Crippen molar-refractivity contribution in [2.24, 2.45) is 0 Å². The molecule has 116 valence electrons. The molecule has 2 amide bonds. The number of benzene rings is 1. The Kier molecular flexibility index (Phi) is 4.70. The number of hydrogen-bond acceptors (Lipinski definition) is 4. The molecule has 1 fully saturated rings. The molecule has 5 nitrogen and oxygen atoms in total. The highest BCUT2D eigenvalue weighted by Gasteiger charge is 2.22. The minimum Gasteiger partial charge on any atom is -0.391 e. The molecule has 1 aliphatic rings. The zero-order chi connectivity index (χ0) is 15.4. The molecule has 0 spiro atoms. The summed E-state index contributed by atoms with van der Waals surface area (Å²) in [7, 11) is 0. The number of aliphatic hydroxyl groups excluding tert-OH is 1. The van der Waals surface area contributed by atoms with Crippen LogP contribution >= 0.6 is 11.3 Å². The smallest absolute Gasteiger partial charge is 0.323 e. The van der Waals surface area contributed by atoms with Crippen LogP contribution < -0.4 is 5.32 Å². The highest BCUT2D eigenvalue weighted by Crippen LogP contribution is 2.19. The number of rotatable bonds is 3. The van der Waals surface area contributed by atoms with Crippen LogP contribution in [0.15, 0.2) is 35.7 Å². The number of anilines is 1. The van der Waals surface area contributed by atoms with Crippen molar-refractivity contribution in [2.75, 3.05) is 18.4 Å². The van der Waals surface area contributed by atoms with Crippen molar-refractivity contribution < 1.29 is 9.90 Å². The Hall–Kier alpha value is -1.92. The van der Waals surface area contributed by atoms with Gasteiger partial charge in [-0.25, -0.2) is 9.78 Å². The van der Waals surface area contributed by atoms with Crippen LogP contribution in [0.3, 0.4) is 0 Å². The van der Waals surface area contributed by atoms with Crippen LogP contribution in [0.5, 0.6) is 0 Å². The third kappa shape index (κ3) is 3.84. The maximum absolute atomic E-state index is 12.2. The first-order valence-electron chi connectivity index (χ1n) is 7.43. The molecule has 1 unspecified atom stereocenters. The van der Waals surface area contributed by atoms with E-state index in [0.717, 1.165) is 25.0 Å². The molecule has 6 heteroatoms. The van der Waals surface area contributed by atoms with Gasteiger partial charge in [-0.05, 0) is 18.4 Å². The zero-order valence-corrected chi connectivity index (χ0v) is 13.1. The van der Waals surface area contributed by atoms with E-state index in [9.17, 15) is 9.90 Å². The van der Waals surface area contributed by atoms with Gasteiger partial charge in [-0.15, -0.1) is 11.3 Å². The van der Waals surface area contributed by atoms with Crippen LogP contribution in [0.1, 0.15) is 24.1 Å². The molecule has 0 bridgehead atoms. The molecular weight excluding hydrogens is 298 g/mol. The standard InChI is InChI=1S/C16H19N3O2S/c20-14-7-4-8-19(10-14)16(21)18-15-17-13(11-22-15)9-12-5-2-1-3-6-12/h1-3,5-6,11,14,20H,4,7-10H2,(H,17,18,21). The summed E-state index contributed by atoms with van der Waals surface area (Å²) in [6.07, 6.45) is 1.95. The molecule has 0 aliphatic carbocycles. The van der Waals surface area contributed by atoms with Crippen molar-refractivity contribution in [1.82, 2.24) is 9.88 Å². The Labute approximate surface area is 133 Å². The highest BCUT2D eigenvalue weighted by atomic mass is 32.1. The van der Waals surface area contributed by atoms with Gasteiger partial charge in [0.2, 0.25) is 0 Å². The van der Waals surface area contributed by atoms with Crippen LogP contribution in [0.4, 0.5) is 9.93 Å². The van der Waals surface area contributed by atoms with E-state index in [1.54, 1.807) is 4.90 Å². The summed E-state index contributed by atoms with van der Waals surface area (Å²) in [5.41, 5.74) is 2.15. The number of carbonyl (C=O) groups is 1. The van der Waals surface area contributed by atoms with Crippen molar-refractivity contribution in [1.29, 1.82) is 0 Å². The fourth-order valence-corrected chi connectivity index (χ4v) is 3.26. The average molecular weight is 317 g/mol. The molecule has 1 atom stereocenters. The lowest BCUT2D eigenvalue weighted by Crippen LogP contribution is -2.44. The molecule has 1 saturated heterocycles. The predicted molar refractivity (Wildman–Crippen MR) is 87.2 cm³/mol. The second kappa shape index (κ2) is 6.89. The SMILES string of the molecule is O=C(Nc1nc(Cc2ccccc2)cs1)N1CCCC(O)C1. The first kappa shape index (κ1) is 15.0. The number of aromatic nitrogens is 1. The number of piperidine rings is 1. The Morgan fingerprint density at radius 2 is 2.23 bits per heavy atom. The number of β-amino-alcohol motifs (C(OH)–C–C–N with tert-alkyl or cyclic N) is 1. The molecule has 2 heterocycles. The molecule has 2 N–H and O–H groups in total. The lowest BCUT2D eigenvalue weighted by molar-refractivity contribution is 0.0883. The molecular formula is C16H19N3O2S. The molecule has 2 aromatic rings. The first-order chi connectivity index (χ1) is 10.7. The van der Waals surface area contributed by atoms with Gasteiger partial charge < -0.3 is 10.0 Å². The Bertz CT molecular complexity index is 629. The van der Waals surface area contributed by atoms with E-state index >= 15 is 0 Å². The number of aliphatic hydroxyl groups is 1. The minimum atomic E-state index is -0.413. The summed E-state index contributed by atoms with van der Waals surface area (Å²) >= 11 is 1.43. The lowest BCUT2D eigenvalue weighted by Gasteiger charge is -2.29. The Morgan fingerprint density at radius 1 is 1.41 bits per heavy atom. The van der Waals surface area contributed by atoms with Crippen molar-refractivity contribution in [2.45, 2.75) is 25.4 Å². The van der Waals surface area contributed by atoms with Gasteiger partial charge in [-0.3, -0.25) is 5.32 Å². The molecule has 1 aromatic heterocycles. The molecule has 0 radical (unpaired) electrons. The fourth-order valence-electron chi connectivity index (χ4n) is 2.56. The number of nitrogens with one attached hydrogen (secondary N) is 1. The molecule has 1 aliphatic heterocycles. The largest absolute Gasteiger partial charge is 0.391 e. The van der Waals surface area contributed by atoms with Gasteiger partial charge in [0.15, 0.2) is 5.13 Å². The quantitative estimate of drug-likeness (QED) is 0.915. The monoisotopic (exact) mass is 317 g/mol. The van der Waals surface area contributed by atoms with E-state index in [4.69, 9.17) is 0 Å². The van der Waals surface area contributed by atoms with E-state index in [1.165, 1.54) is 16.9 Å². The van der Waals surface area contributed by atoms with Gasteiger partial charge in [-0.1, -0.05) is 30.3 Å². The number of urea groups is 1. The van der Waals surface area contributed by atoms with Crippen LogP contribution in [0.2, 0.25) is 0 Å². The van der Waals surface area contributed by atoms with E-state index in [2.05, 4.69) is 22.4 Å². The van der Waals surface area contributed by atoms with Gasteiger partial charge in [0.25, 0.3) is 0 Å². The van der Waals surface area contributed by atoms with Crippen LogP contribution in [-0.4, -0.2) is 40.2 Å². The number of hydrogen-bond donors (Lipinski definition) is 2. The predicted octanol–water partition coefficient (Wildman–Crippen LogP) is 2.72. The second-order valence-electron chi connectivity index (χ2n) is 5.48. The summed E-state index contributed by atoms with van der Waals surface area (Å²) in [6, 6.07) is 9.94. The summed E-state index contributed by atoms with van der Waals surface area (Å²) in [6.45, 7) is 1.08. The summed E-state index contributed by atoms with van der Waals surface area (Å²) in [5.74, 6) is 0. The zero-order valence-electron chi connectivity index (χ0n) is 12.2. The molecule has 22 heavy (non-hydrogen) atoms.